The number of urea groups is 1. The van der Waals surface area contributed by atoms with Crippen molar-refractivity contribution in [2.24, 2.45) is 0 Å². The number of halogens is 2. The molecule has 2 aromatic carbocycles. The van der Waals surface area contributed by atoms with Crippen LogP contribution in [-0.4, -0.2) is 18.0 Å². The molecule has 2 aromatic rings. The summed E-state index contributed by atoms with van der Waals surface area (Å²) < 4.78 is 13.4. The Morgan fingerprint density at radius 2 is 1.96 bits per heavy atom. The maximum absolute atomic E-state index is 13.2. The largest absolute Gasteiger partial charge is 1.00 e. The van der Waals surface area contributed by atoms with Gasteiger partial charge in [-0.2, -0.15) is 0 Å². The third kappa shape index (κ3) is 4.93. The number of carboxylic acid groups (broad SMARTS) is 1. The van der Waals surface area contributed by atoms with Gasteiger partial charge in [-0.1, -0.05) is 24.3 Å². The van der Waals surface area contributed by atoms with E-state index in [4.69, 9.17) is 0 Å². The average Bonchev–Trinajstić information content (AvgIpc) is 2.99. The van der Waals surface area contributed by atoms with Gasteiger partial charge < -0.3 is 20.5 Å². The molecular formula is C18H15BrFKN2O3. The number of amides is 2. The summed E-state index contributed by atoms with van der Waals surface area (Å²) in [7, 11) is 0. The smallest absolute Gasteiger partial charge is 0.548 e. The standard InChI is InChI=1S/C18H16BrFN2O3.K/c19-14-9-11(6-8-15(14)20)21-18(25)22-16(17(23)24)13-7-5-10-3-1-2-4-12(10)13;/h1-4,6,8-9,13,16H,5,7H2,(H,23,24)(H2,21,22,25);/q;+1/p-1. The number of carbonyl (C=O) groups excluding carboxylic acids is 2. The Balaban J connectivity index is 0.00000243. The first-order chi connectivity index (χ1) is 12.0. The second-order valence-electron chi connectivity index (χ2n) is 5.87. The average molecular weight is 445 g/mol. The van der Waals surface area contributed by atoms with E-state index in [2.05, 4.69) is 26.6 Å². The van der Waals surface area contributed by atoms with Crippen LogP contribution >= 0.6 is 15.9 Å². The Bertz CT molecular complexity index is 834. The number of hydrogen-bond donors (Lipinski definition) is 2. The first-order valence-corrected chi connectivity index (χ1v) is 8.56. The van der Waals surface area contributed by atoms with Gasteiger partial charge in [-0.3, -0.25) is 0 Å². The molecule has 1 aliphatic carbocycles. The number of carboxylic acids is 1. The molecule has 3 rings (SSSR count). The van der Waals surface area contributed by atoms with Gasteiger partial charge in [-0.15, -0.1) is 0 Å². The zero-order chi connectivity index (χ0) is 18.0. The van der Waals surface area contributed by atoms with E-state index in [0.29, 0.717) is 12.1 Å². The van der Waals surface area contributed by atoms with Gasteiger partial charge in [0.2, 0.25) is 0 Å². The normalized spacial score (nSPS) is 16.2. The molecule has 2 N–H and O–H groups in total. The number of aliphatic carboxylic acids is 1. The summed E-state index contributed by atoms with van der Waals surface area (Å²) >= 11 is 3.03. The summed E-state index contributed by atoms with van der Waals surface area (Å²) in [6.07, 6.45) is 1.39. The second-order valence-corrected chi connectivity index (χ2v) is 6.72. The quantitative estimate of drug-likeness (QED) is 0.627. The maximum Gasteiger partial charge on any atom is 1.00 e. The number of anilines is 1. The first-order valence-electron chi connectivity index (χ1n) is 7.77. The molecule has 5 nitrogen and oxygen atoms in total. The van der Waals surface area contributed by atoms with Crippen molar-refractivity contribution in [3.05, 3.63) is 63.9 Å². The molecule has 2 amide bonds. The third-order valence-corrected chi connectivity index (χ3v) is 4.91. The summed E-state index contributed by atoms with van der Waals surface area (Å²) in [5.74, 6) is -2.13. The van der Waals surface area contributed by atoms with Gasteiger partial charge in [0.1, 0.15) is 5.82 Å². The molecule has 0 aromatic heterocycles. The summed E-state index contributed by atoms with van der Waals surface area (Å²) in [6.45, 7) is 0. The van der Waals surface area contributed by atoms with Crippen LogP contribution in [0.3, 0.4) is 0 Å². The van der Waals surface area contributed by atoms with Gasteiger partial charge >= 0.3 is 57.4 Å². The zero-order valence-electron chi connectivity index (χ0n) is 14.1. The molecule has 26 heavy (non-hydrogen) atoms. The molecule has 130 valence electrons. The van der Waals surface area contributed by atoms with Crippen LogP contribution in [0.25, 0.3) is 0 Å². The molecule has 0 fully saturated rings. The van der Waals surface area contributed by atoms with Crippen molar-refractivity contribution < 1.29 is 70.5 Å². The van der Waals surface area contributed by atoms with E-state index >= 15 is 0 Å². The molecule has 1 aliphatic rings. The topological polar surface area (TPSA) is 81.3 Å². The second kappa shape index (κ2) is 9.43. The fourth-order valence-corrected chi connectivity index (χ4v) is 3.52. The molecular weight excluding hydrogens is 430 g/mol. The van der Waals surface area contributed by atoms with Crippen LogP contribution in [0, 0.1) is 5.82 Å². The van der Waals surface area contributed by atoms with Crippen molar-refractivity contribution in [1.29, 1.82) is 0 Å². The summed E-state index contributed by atoms with van der Waals surface area (Å²) in [5.41, 5.74) is 2.35. The SMILES string of the molecule is O=C(Nc1ccc(F)c(Br)c1)NC(C(=O)[O-])C1CCc2ccccc21.[K+]. The van der Waals surface area contributed by atoms with Crippen LogP contribution in [0.2, 0.25) is 0 Å². The van der Waals surface area contributed by atoms with Crippen molar-refractivity contribution in [2.75, 3.05) is 5.32 Å². The summed E-state index contributed by atoms with van der Waals surface area (Å²) in [4.78, 5) is 23.7. The van der Waals surface area contributed by atoms with Crippen LogP contribution in [0.4, 0.5) is 14.9 Å². The molecule has 2 atom stereocenters. The van der Waals surface area contributed by atoms with Crippen molar-refractivity contribution >= 4 is 33.6 Å². The van der Waals surface area contributed by atoms with Crippen molar-refractivity contribution in [3.63, 3.8) is 0 Å². The first kappa shape index (κ1) is 21.5. The van der Waals surface area contributed by atoms with Gasteiger partial charge in [-0.25, -0.2) is 9.18 Å². The van der Waals surface area contributed by atoms with Gasteiger partial charge in [-0.05, 0) is 58.1 Å². The molecule has 0 spiro atoms. The van der Waals surface area contributed by atoms with Crippen LogP contribution in [0.5, 0.6) is 0 Å². The number of hydrogen-bond acceptors (Lipinski definition) is 3. The molecule has 2 unspecified atom stereocenters. The summed E-state index contributed by atoms with van der Waals surface area (Å²) in [5, 5.41) is 16.5. The van der Waals surface area contributed by atoms with Crippen LogP contribution in [0.15, 0.2) is 46.9 Å². The van der Waals surface area contributed by atoms with Gasteiger partial charge in [0.25, 0.3) is 0 Å². The van der Waals surface area contributed by atoms with E-state index in [-0.39, 0.29) is 61.8 Å². The molecule has 0 radical (unpaired) electrons. The van der Waals surface area contributed by atoms with Gasteiger partial charge in [0.05, 0.1) is 16.5 Å². The minimum Gasteiger partial charge on any atom is -0.548 e. The van der Waals surface area contributed by atoms with Gasteiger partial charge in [0.15, 0.2) is 0 Å². The van der Waals surface area contributed by atoms with Crippen LogP contribution in [0.1, 0.15) is 23.5 Å². The van der Waals surface area contributed by atoms with E-state index in [1.54, 1.807) is 0 Å². The maximum atomic E-state index is 13.2. The van der Waals surface area contributed by atoms with Crippen molar-refractivity contribution in [1.82, 2.24) is 5.32 Å². The predicted molar refractivity (Wildman–Crippen MR) is 92.6 cm³/mol. The number of aryl methyl sites for hydroxylation is 1. The Labute approximate surface area is 201 Å². The van der Waals surface area contributed by atoms with E-state index in [1.165, 1.54) is 18.2 Å². The predicted octanol–water partition coefficient (Wildman–Crippen LogP) is -0.438. The third-order valence-electron chi connectivity index (χ3n) is 4.30. The molecule has 0 bridgehead atoms. The molecule has 8 heteroatoms. The fourth-order valence-electron chi connectivity index (χ4n) is 3.14. The monoisotopic (exact) mass is 444 g/mol. The van der Waals surface area contributed by atoms with Gasteiger partial charge in [0, 0.05) is 11.6 Å². The van der Waals surface area contributed by atoms with Crippen molar-refractivity contribution in [2.45, 2.75) is 24.8 Å². The minimum absolute atomic E-state index is 0. The number of carbonyl (C=O) groups is 2. The number of benzene rings is 2. The number of rotatable bonds is 4. The molecule has 0 heterocycles. The summed E-state index contributed by atoms with van der Waals surface area (Å²) in [6, 6.07) is 9.73. The van der Waals surface area contributed by atoms with E-state index in [0.717, 1.165) is 17.5 Å². The molecule has 0 saturated heterocycles. The number of nitrogens with one attached hydrogen (secondary N) is 2. The Morgan fingerprint density at radius 1 is 1.23 bits per heavy atom. The van der Waals surface area contributed by atoms with E-state index < -0.39 is 23.9 Å². The Morgan fingerprint density at radius 3 is 2.65 bits per heavy atom. The van der Waals surface area contributed by atoms with Crippen LogP contribution < -0.4 is 67.1 Å². The van der Waals surface area contributed by atoms with Crippen molar-refractivity contribution in [3.8, 4) is 0 Å². The zero-order valence-corrected chi connectivity index (χ0v) is 18.8. The van der Waals surface area contributed by atoms with E-state index in [9.17, 15) is 19.1 Å². The molecule has 0 aliphatic heterocycles. The number of fused-ring (bicyclic) bond motifs is 1. The molecule has 0 saturated carbocycles. The Kier molecular flexibility index (Phi) is 7.81. The fraction of sp³-hybridized carbons (Fsp3) is 0.222. The minimum atomic E-state index is -1.34. The van der Waals surface area contributed by atoms with Crippen LogP contribution in [-0.2, 0) is 11.2 Å². The van der Waals surface area contributed by atoms with E-state index in [1.807, 2.05) is 24.3 Å². The Hall–Kier alpha value is -0.774.